The minimum Gasteiger partial charge on any atom is -0.307 e. The van der Waals surface area contributed by atoms with Gasteiger partial charge in [0.2, 0.25) is 0 Å². The lowest BCUT2D eigenvalue weighted by Crippen LogP contribution is -2.32. The SMILES string of the molecule is CN(CCC1NCCC1=O)C1CC1. The van der Waals surface area contributed by atoms with Crippen molar-refractivity contribution in [3.63, 3.8) is 0 Å². The van der Waals surface area contributed by atoms with Crippen LogP contribution in [0, 0.1) is 0 Å². The van der Waals surface area contributed by atoms with E-state index in [4.69, 9.17) is 0 Å². The van der Waals surface area contributed by atoms with Crippen molar-refractivity contribution in [1.82, 2.24) is 10.2 Å². The van der Waals surface area contributed by atoms with Gasteiger partial charge >= 0.3 is 0 Å². The van der Waals surface area contributed by atoms with Gasteiger partial charge in [-0.25, -0.2) is 0 Å². The monoisotopic (exact) mass is 182 g/mol. The third kappa shape index (κ3) is 2.29. The minimum atomic E-state index is 0.154. The van der Waals surface area contributed by atoms with Crippen LogP contribution in [-0.2, 0) is 4.79 Å². The predicted molar refractivity (Wildman–Crippen MR) is 51.7 cm³/mol. The van der Waals surface area contributed by atoms with E-state index in [1.54, 1.807) is 0 Å². The highest BCUT2D eigenvalue weighted by Gasteiger charge is 2.28. The van der Waals surface area contributed by atoms with Crippen LogP contribution >= 0.6 is 0 Å². The molecule has 0 bridgehead atoms. The first-order valence-corrected chi connectivity index (χ1v) is 5.23. The van der Waals surface area contributed by atoms with Crippen LogP contribution in [0.25, 0.3) is 0 Å². The van der Waals surface area contributed by atoms with Crippen LogP contribution in [0.4, 0.5) is 0 Å². The molecule has 0 aromatic heterocycles. The molecule has 1 N–H and O–H groups in total. The molecule has 3 nitrogen and oxygen atoms in total. The average molecular weight is 182 g/mol. The largest absolute Gasteiger partial charge is 0.307 e. The summed E-state index contributed by atoms with van der Waals surface area (Å²) in [6, 6.07) is 0.970. The highest BCUT2D eigenvalue weighted by atomic mass is 16.1. The van der Waals surface area contributed by atoms with E-state index in [1.165, 1.54) is 12.8 Å². The summed E-state index contributed by atoms with van der Waals surface area (Å²) in [7, 11) is 2.16. The fourth-order valence-electron chi connectivity index (χ4n) is 1.95. The molecule has 1 saturated carbocycles. The molecule has 1 heterocycles. The van der Waals surface area contributed by atoms with Crippen molar-refractivity contribution in [2.75, 3.05) is 20.1 Å². The van der Waals surface area contributed by atoms with Gasteiger partial charge < -0.3 is 10.2 Å². The number of rotatable bonds is 4. The van der Waals surface area contributed by atoms with Crippen LogP contribution in [-0.4, -0.2) is 42.9 Å². The summed E-state index contributed by atoms with van der Waals surface area (Å²) in [5.74, 6) is 0.407. The van der Waals surface area contributed by atoms with Gasteiger partial charge in [-0.3, -0.25) is 4.79 Å². The van der Waals surface area contributed by atoms with Gasteiger partial charge in [-0.15, -0.1) is 0 Å². The van der Waals surface area contributed by atoms with Gasteiger partial charge in [-0.2, -0.15) is 0 Å². The molecule has 0 amide bonds. The Labute approximate surface area is 79.5 Å². The summed E-state index contributed by atoms with van der Waals surface area (Å²) in [6.07, 6.45) is 4.43. The Bertz CT molecular complexity index is 201. The van der Waals surface area contributed by atoms with Crippen LogP contribution in [0.5, 0.6) is 0 Å². The van der Waals surface area contributed by atoms with Gasteiger partial charge in [0.05, 0.1) is 6.04 Å². The van der Waals surface area contributed by atoms with Crippen molar-refractivity contribution in [1.29, 1.82) is 0 Å². The molecular formula is C10H18N2O. The summed E-state index contributed by atoms with van der Waals surface area (Å²) in [5.41, 5.74) is 0. The molecule has 74 valence electrons. The summed E-state index contributed by atoms with van der Waals surface area (Å²) < 4.78 is 0. The molecule has 13 heavy (non-hydrogen) atoms. The number of Topliss-reactive ketones (excluding diaryl/α,β-unsaturated/α-hetero) is 1. The molecule has 1 aliphatic carbocycles. The smallest absolute Gasteiger partial charge is 0.151 e. The minimum absolute atomic E-state index is 0.154. The van der Waals surface area contributed by atoms with Crippen LogP contribution < -0.4 is 5.32 Å². The van der Waals surface area contributed by atoms with E-state index in [1.807, 2.05) is 0 Å². The molecule has 0 spiro atoms. The first-order chi connectivity index (χ1) is 6.27. The fourth-order valence-corrected chi connectivity index (χ4v) is 1.95. The van der Waals surface area contributed by atoms with Crippen molar-refractivity contribution in [2.45, 2.75) is 37.8 Å². The Kier molecular flexibility index (Phi) is 2.65. The quantitative estimate of drug-likeness (QED) is 0.683. The summed E-state index contributed by atoms with van der Waals surface area (Å²) in [6.45, 7) is 1.95. The Hall–Kier alpha value is -0.410. The lowest BCUT2D eigenvalue weighted by Gasteiger charge is -2.17. The second kappa shape index (κ2) is 3.76. The summed E-state index contributed by atoms with van der Waals surface area (Å²) in [5, 5.41) is 3.24. The van der Waals surface area contributed by atoms with Gasteiger partial charge in [0, 0.05) is 25.6 Å². The third-order valence-corrected chi connectivity index (χ3v) is 3.09. The molecule has 0 aromatic rings. The zero-order chi connectivity index (χ0) is 9.26. The van der Waals surface area contributed by atoms with Gasteiger partial charge in [-0.1, -0.05) is 0 Å². The van der Waals surface area contributed by atoms with E-state index in [0.717, 1.165) is 32.0 Å². The lowest BCUT2D eigenvalue weighted by atomic mass is 10.1. The molecule has 1 saturated heterocycles. The fraction of sp³-hybridized carbons (Fsp3) is 0.900. The Balaban J connectivity index is 1.68. The summed E-state index contributed by atoms with van der Waals surface area (Å²) >= 11 is 0. The standard InChI is InChI=1S/C10H18N2O/c1-12(8-2-3-8)7-5-9-10(13)4-6-11-9/h8-9,11H,2-7H2,1H3. The second-order valence-electron chi connectivity index (χ2n) is 4.22. The molecule has 1 unspecified atom stereocenters. The Morgan fingerprint density at radius 2 is 2.31 bits per heavy atom. The van der Waals surface area contributed by atoms with E-state index in [2.05, 4.69) is 17.3 Å². The molecule has 3 heteroatoms. The molecule has 0 radical (unpaired) electrons. The van der Waals surface area contributed by atoms with Crippen molar-refractivity contribution in [2.24, 2.45) is 0 Å². The van der Waals surface area contributed by atoms with E-state index < -0.39 is 0 Å². The maximum atomic E-state index is 11.3. The highest BCUT2D eigenvalue weighted by molar-refractivity contribution is 5.86. The van der Waals surface area contributed by atoms with Crippen LogP contribution in [0.2, 0.25) is 0 Å². The molecule has 1 aliphatic heterocycles. The summed E-state index contributed by atoms with van der Waals surface area (Å²) in [4.78, 5) is 13.7. The van der Waals surface area contributed by atoms with E-state index >= 15 is 0 Å². The first kappa shape index (κ1) is 9.16. The number of hydrogen-bond donors (Lipinski definition) is 1. The third-order valence-electron chi connectivity index (χ3n) is 3.09. The Morgan fingerprint density at radius 1 is 1.54 bits per heavy atom. The number of carbonyl (C=O) groups is 1. The highest BCUT2D eigenvalue weighted by Crippen LogP contribution is 2.25. The van der Waals surface area contributed by atoms with Crippen molar-refractivity contribution >= 4 is 5.78 Å². The number of carbonyl (C=O) groups excluding carboxylic acids is 1. The second-order valence-corrected chi connectivity index (χ2v) is 4.22. The van der Waals surface area contributed by atoms with Gasteiger partial charge in [-0.05, 0) is 26.3 Å². The number of nitrogens with zero attached hydrogens (tertiary/aromatic N) is 1. The molecule has 2 rings (SSSR count). The van der Waals surface area contributed by atoms with Gasteiger partial charge in [0.1, 0.15) is 0 Å². The molecule has 2 aliphatic rings. The lowest BCUT2D eigenvalue weighted by molar-refractivity contribution is -0.118. The predicted octanol–water partition coefficient (Wildman–Crippen LogP) is 0.402. The molecule has 2 fully saturated rings. The molecule has 1 atom stereocenters. The molecular weight excluding hydrogens is 164 g/mol. The van der Waals surface area contributed by atoms with Gasteiger partial charge in [0.15, 0.2) is 5.78 Å². The first-order valence-electron chi connectivity index (χ1n) is 5.23. The number of ketones is 1. The van der Waals surface area contributed by atoms with E-state index in [0.29, 0.717) is 5.78 Å². The zero-order valence-corrected chi connectivity index (χ0v) is 8.25. The molecule has 0 aromatic carbocycles. The maximum Gasteiger partial charge on any atom is 0.151 e. The Morgan fingerprint density at radius 3 is 2.85 bits per heavy atom. The topological polar surface area (TPSA) is 32.3 Å². The van der Waals surface area contributed by atoms with E-state index in [-0.39, 0.29) is 6.04 Å². The normalized spacial score (nSPS) is 28.8. The van der Waals surface area contributed by atoms with Gasteiger partial charge in [0.25, 0.3) is 0 Å². The number of nitrogens with one attached hydrogen (secondary N) is 1. The maximum absolute atomic E-state index is 11.3. The van der Waals surface area contributed by atoms with Crippen LogP contribution in [0.3, 0.4) is 0 Å². The van der Waals surface area contributed by atoms with Crippen molar-refractivity contribution < 1.29 is 4.79 Å². The van der Waals surface area contributed by atoms with Crippen LogP contribution in [0.1, 0.15) is 25.7 Å². The van der Waals surface area contributed by atoms with Crippen molar-refractivity contribution in [3.05, 3.63) is 0 Å². The van der Waals surface area contributed by atoms with Crippen molar-refractivity contribution in [3.8, 4) is 0 Å². The van der Waals surface area contributed by atoms with Crippen LogP contribution in [0.15, 0.2) is 0 Å². The zero-order valence-electron chi connectivity index (χ0n) is 8.25. The average Bonchev–Trinajstić information content (AvgIpc) is 2.88. The van der Waals surface area contributed by atoms with E-state index in [9.17, 15) is 4.79 Å². The number of hydrogen-bond acceptors (Lipinski definition) is 3.